The van der Waals surface area contributed by atoms with E-state index in [0.717, 1.165) is 11.3 Å². The minimum absolute atomic E-state index is 0.158. The minimum Gasteiger partial charge on any atom is -0.447 e. The van der Waals surface area contributed by atoms with Gasteiger partial charge in [0, 0.05) is 11.3 Å². The third-order valence-electron chi connectivity index (χ3n) is 2.84. The fourth-order valence-corrected chi connectivity index (χ4v) is 1.84. The van der Waals surface area contributed by atoms with Crippen LogP contribution in [-0.4, -0.2) is 31.7 Å². The Morgan fingerprint density at radius 1 is 1.43 bits per heavy atom. The second-order valence-corrected chi connectivity index (χ2v) is 4.33. The molecule has 0 unspecified atom stereocenters. The first-order valence-corrected chi connectivity index (χ1v) is 6.64. The molecule has 0 atom stereocenters. The van der Waals surface area contributed by atoms with Gasteiger partial charge in [-0.3, -0.25) is 9.69 Å². The summed E-state index contributed by atoms with van der Waals surface area (Å²) in [6.07, 6.45) is 2.80. The number of anilines is 1. The van der Waals surface area contributed by atoms with Gasteiger partial charge < -0.3 is 10.1 Å². The van der Waals surface area contributed by atoms with E-state index in [0.29, 0.717) is 19.7 Å². The molecule has 1 aliphatic rings. The molecule has 5 heteroatoms. The summed E-state index contributed by atoms with van der Waals surface area (Å²) < 4.78 is 4.89. The number of ether oxygens (including phenoxy) is 1. The Morgan fingerprint density at radius 2 is 2.19 bits per heavy atom. The molecule has 1 N–H and O–H groups in total. The van der Waals surface area contributed by atoms with E-state index in [9.17, 15) is 9.59 Å². The topological polar surface area (TPSA) is 58.6 Å². The normalized spacial score (nSPS) is 13.8. The Kier molecular flexibility index (Phi) is 4.99. The van der Waals surface area contributed by atoms with Gasteiger partial charge in [-0.05, 0) is 37.3 Å². The lowest BCUT2D eigenvalue weighted by Crippen LogP contribution is -2.23. The van der Waals surface area contributed by atoms with E-state index in [1.807, 2.05) is 24.3 Å². The Hall–Kier alpha value is -2.74. The van der Waals surface area contributed by atoms with Crippen LogP contribution in [0.2, 0.25) is 0 Å². The molecule has 1 heterocycles. The average Bonchev–Trinajstić information content (AvgIpc) is 2.91. The second kappa shape index (κ2) is 7.15. The molecule has 21 heavy (non-hydrogen) atoms. The van der Waals surface area contributed by atoms with Gasteiger partial charge in [0.2, 0.25) is 5.91 Å². The van der Waals surface area contributed by atoms with Crippen LogP contribution in [0.25, 0.3) is 0 Å². The highest BCUT2D eigenvalue weighted by Crippen LogP contribution is 2.18. The van der Waals surface area contributed by atoms with Crippen molar-refractivity contribution in [1.82, 2.24) is 5.32 Å². The maximum absolute atomic E-state index is 11.4. The molecule has 0 bridgehead atoms. The highest BCUT2D eigenvalue weighted by atomic mass is 16.6. The summed E-state index contributed by atoms with van der Waals surface area (Å²) >= 11 is 0. The van der Waals surface area contributed by atoms with Crippen LogP contribution in [0, 0.1) is 11.8 Å². The lowest BCUT2D eigenvalue weighted by molar-refractivity contribution is -0.116. The summed E-state index contributed by atoms with van der Waals surface area (Å²) in [7, 11) is 0. The molecule has 1 fully saturated rings. The van der Waals surface area contributed by atoms with E-state index in [1.165, 1.54) is 6.08 Å². The van der Waals surface area contributed by atoms with Crippen LogP contribution in [0.3, 0.4) is 0 Å². The zero-order valence-electron chi connectivity index (χ0n) is 11.8. The summed E-state index contributed by atoms with van der Waals surface area (Å²) in [4.78, 5) is 24.2. The number of cyclic esters (lactones) is 1. The largest absolute Gasteiger partial charge is 0.447 e. The Morgan fingerprint density at radius 3 is 2.81 bits per heavy atom. The van der Waals surface area contributed by atoms with Crippen LogP contribution in [0.5, 0.6) is 0 Å². The molecular formula is C16H16N2O3. The summed E-state index contributed by atoms with van der Waals surface area (Å²) in [5.74, 6) is 5.66. The van der Waals surface area contributed by atoms with E-state index < -0.39 is 0 Å². The van der Waals surface area contributed by atoms with Crippen molar-refractivity contribution >= 4 is 17.7 Å². The molecule has 1 saturated heterocycles. The molecule has 1 aromatic carbocycles. The molecule has 108 valence electrons. The van der Waals surface area contributed by atoms with Gasteiger partial charge in [-0.1, -0.05) is 17.9 Å². The van der Waals surface area contributed by atoms with Crippen LogP contribution in [0.1, 0.15) is 12.5 Å². The van der Waals surface area contributed by atoms with Crippen molar-refractivity contribution in [3.63, 3.8) is 0 Å². The number of nitrogens with zero attached hydrogens (tertiary/aromatic N) is 1. The van der Waals surface area contributed by atoms with Gasteiger partial charge in [-0.2, -0.15) is 0 Å². The number of nitrogens with one attached hydrogen (secondary N) is 1. The monoisotopic (exact) mass is 284 g/mol. The summed E-state index contributed by atoms with van der Waals surface area (Å²) in [5, 5.41) is 2.65. The molecule has 0 aliphatic carbocycles. The smallest absolute Gasteiger partial charge is 0.414 e. The van der Waals surface area contributed by atoms with Gasteiger partial charge in [0.15, 0.2) is 0 Å². The highest BCUT2D eigenvalue weighted by molar-refractivity contribution is 5.89. The van der Waals surface area contributed by atoms with Crippen molar-refractivity contribution in [3.8, 4) is 11.8 Å². The Labute approximate surface area is 123 Å². The maximum atomic E-state index is 11.4. The Bertz CT molecular complexity index is 609. The van der Waals surface area contributed by atoms with Gasteiger partial charge in [0.25, 0.3) is 0 Å². The SMILES string of the molecule is C/C=C/C(=O)NCC#Cc1ccc(N2CCOC2=O)cc1. The number of benzene rings is 1. The number of hydrogen-bond acceptors (Lipinski definition) is 3. The molecule has 0 saturated carbocycles. The molecule has 0 spiro atoms. The lowest BCUT2D eigenvalue weighted by Gasteiger charge is -2.11. The average molecular weight is 284 g/mol. The number of carbonyl (C=O) groups is 2. The van der Waals surface area contributed by atoms with Crippen molar-refractivity contribution in [2.24, 2.45) is 0 Å². The van der Waals surface area contributed by atoms with E-state index in [2.05, 4.69) is 17.2 Å². The van der Waals surface area contributed by atoms with Gasteiger partial charge in [-0.25, -0.2) is 4.79 Å². The lowest BCUT2D eigenvalue weighted by atomic mass is 10.2. The van der Waals surface area contributed by atoms with Crippen LogP contribution in [0.4, 0.5) is 10.5 Å². The van der Waals surface area contributed by atoms with Crippen molar-refractivity contribution in [2.45, 2.75) is 6.92 Å². The van der Waals surface area contributed by atoms with Crippen LogP contribution < -0.4 is 10.2 Å². The molecule has 5 nitrogen and oxygen atoms in total. The van der Waals surface area contributed by atoms with Gasteiger partial charge in [0.05, 0.1) is 13.1 Å². The van der Waals surface area contributed by atoms with Crippen molar-refractivity contribution in [2.75, 3.05) is 24.6 Å². The first kappa shape index (κ1) is 14.7. The zero-order chi connectivity index (χ0) is 15.1. The van der Waals surface area contributed by atoms with E-state index >= 15 is 0 Å². The van der Waals surface area contributed by atoms with Crippen LogP contribution in [-0.2, 0) is 9.53 Å². The number of hydrogen-bond donors (Lipinski definition) is 1. The molecule has 2 amide bonds. The first-order chi connectivity index (χ1) is 10.2. The molecule has 1 aromatic rings. The van der Waals surface area contributed by atoms with Gasteiger partial charge in [-0.15, -0.1) is 0 Å². The molecular weight excluding hydrogens is 268 g/mol. The maximum Gasteiger partial charge on any atom is 0.414 e. The highest BCUT2D eigenvalue weighted by Gasteiger charge is 2.22. The molecule has 2 rings (SSSR count). The summed E-state index contributed by atoms with van der Waals surface area (Å²) in [5.41, 5.74) is 1.62. The quantitative estimate of drug-likeness (QED) is 0.678. The second-order valence-electron chi connectivity index (χ2n) is 4.33. The van der Waals surface area contributed by atoms with E-state index in [-0.39, 0.29) is 12.0 Å². The predicted octanol–water partition coefficient (Wildman–Crippen LogP) is 1.69. The minimum atomic E-state index is -0.319. The zero-order valence-corrected chi connectivity index (χ0v) is 11.8. The third-order valence-corrected chi connectivity index (χ3v) is 2.84. The predicted molar refractivity (Wildman–Crippen MR) is 79.8 cm³/mol. The molecule has 0 radical (unpaired) electrons. The fourth-order valence-electron chi connectivity index (χ4n) is 1.84. The van der Waals surface area contributed by atoms with Gasteiger partial charge in [0.1, 0.15) is 6.61 Å². The summed E-state index contributed by atoms with van der Waals surface area (Å²) in [6, 6.07) is 7.33. The number of rotatable bonds is 3. The van der Waals surface area contributed by atoms with E-state index in [4.69, 9.17) is 4.74 Å². The van der Waals surface area contributed by atoms with Gasteiger partial charge >= 0.3 is 6.09 Å². The molecule has 1 aliphatic heterocycles. The van der Waals surface area contributed by atoms with Crippen LogP contribution in [0.15, 0.2) is 36.4 Å². The van der Waals surface area contributed by atoms with E-state index in [1.54, 1.807) is 17.9 Å². The molecule has 0 aromatic heterocycles. The first-order valence-electron chi connectivity index (χ1n) is 6.64. The van der Waals surface area contributed by atoms with Crippen molar-refractivity contribution in [3.05, 3.63) is 42.0 Å². The van der Waals surface area contributed by atoms with Crippen molar-refractivity contribution < 1.29 is 14.3 Å². The van der Waals surface area contributed by atoms with Crippen LogP contribution >= 0.6 is 0 Å². The summed E-state index contributed by atoms with van der Waals surface area (Å²) in [6.45, 7) is 3.07. The Balaban J connectivity index is 1.91. The third kappa shape index (κ3) is 4.11. The van der Waals surface area contributed by atoms with Crippen molar-refractivity contribution in [1.29, 1.82) is 0 Å². The standard InChI is InChI=1S/C16H16N2O3/c1-2-4-15(19)17-10-3-5-13-6-8-14(9-7-13)18-11-12-21-16(18)20/h2,4,6-9H,10-12H2,1H3,(H,17,19)/b4-2+. The number of amides is 2. The number of allylic oxidation sites excluding steroid dienone is 1. The fraction of sp³-hybridized carbons (Fsp3) is 0.250. The number of carbonyl (C=O) groups excluding carboxylic acids is 2.